The summed E-state index contributed by atoms with van der Waals surface area (Å²) in [5, 5.41) is 229. The van der Waals surface area contributed by atoms with Gasteiger partial charge in [-0.05, 0) is 320 Å². The van der Waals surface area contributed by atoms with Crippen LogP contribution in [0.2, 0.25) is 0 Å². The predicted octanol–water partition coefficient (Wildman–Crippen LogP) is 21.4. The SMILES string of the molecule is CC(c1ccc(O)c(O)c1)C(C)c1ccc(O)c(O)c1.Oc1ccc(Cc2ccc(Cc3ccc(O)c(O)c3)cc2)cc1O.Oc1ccc(Cc2ccc(Cc3ccc(O)c(O)c3)s2)cc1O.Oc1ccc(Cc2cccc(Cc3ccc(O)c(O)c3)c2)cc1O.Oc1ccc(Cc2cccc(Cc3ccc(O)c(O)c3)n2)cc1O.Oc1ccc(Cc2ccsc2Cc2ccc(O)c(O)c2)cc1O. The van der Waals surface area contributed by atoms with Crippen LogP contribution in [0, 0.1) is 0 Å². The van der Waals surface area contributed by atoms with Crippen molar-refractivity contribution in [3.05, 3.63) is 429 Å². The van der Waals surface area contributed by atoms with Crippen LogP contribution in [-0.2, 0) is 64.2 Å². The number of aromatic nitrogens is 1. The summed E-state index contributed by atoms with van der Waals surface area (Å²) in [5.41, 5.74) is 18.0. The minimum atomic E-state index is -0.150. The predicted molar refractivity (Wildman–Crippen MR) is 528 cm³/mol. The molecule has 17 rings (SSSR count). The van der Waals surface area contributed by atoms with E-state index in [-0.39, 0.29) is 150 Å². The highest BCUT2D eigenvalue weighted by molar-refractivity contribution is 7.12. The maximum Gasteiger partial charge on any atom is 0.157 e. The van der Waals surface area contributed by atoms with Crippen LogP contribution in [-0.4, -0.2) is 128 Å². The lowest BCUT2D eigenvalue weighted by Gasteiger charge is -2.21. The summed E-state index contributed by atoms with van der Waals surface area (Å²) in [6.07, 6.45) is 6.33. The number of phenolic OH excluding ortho intramolecular Hbond substituents is 24. The number of phenols is 24. The van der Waals surface area contributed by atoms with Gasteiger partial charge in [-0.25, -0.2) is 0 Å². The van der Waals surface area contributed by atoms with Gasteiger partial charge in [0.2, 0.25) is 0 Å². The fourth-order valence-electron chi connectivity index (χ4n) is 14.8. The third kappa shape index (κ3) is 28.7. The molecule has 0 spiro atoms. The molecule has 24 N–H and O–H groups in total. The van der Waals surface area contributed by atoms with Crippen LogP contribution in [0.4, 0.5) is 0 Å². The second-order valence-electron chi connectivity index (χ2n) is 33.1. The van der Waals surface area contributed by atoms with E-state index in [0.717, 1.165) is 121 Å². The summed E-state index contributed by atoms with van der Waals surface area (Å²) < 4.78 is 0. The molecule has 2 atom stereocenters. The number of hydrogen-bond acceptors (Lipinski definition) is 27. The molecule has 138 heavy (non-hydrogen) atoms. The molecule has 0 bridgehead atoms. The molecule has 0 amide bonds. The number of pyridine rings is 1. The molecule has 0 saturated heterocycles. The summed E-state index contributed by atoms with van der Waals surface area (Å²) in [6, 6.07) is 85.4. The first-order chi connectivity index (χ1) is 66.0. The van der Waals surface area contributed by atoms with Gasteiger partial charge >= 0.3 is 0 Å². The third-order valence-corrected chi connectivity index (χ3v) is 24.6. The van der Waals surface area contributed by atoms with E-state index in [9.17, 15) is 123 Å². The number of hydrogen-bond donors (Lipinski definition) is 24. The summed E-state index contributed by atoms with van der Waals surface area (Å²) in [4.78, 5) is 8.03. The molecule has 0 fully saturated rings. The Morgan fingerprint density at radius 2 is 0.406 bits per heavy atom. The van der Waals surface area contributed by atoms with Gasteiger partial charge in [0.15, 0.2) is 138 Å². The van der Waals surface area contributed by atoms with Gasteiger partial charge in [0.25, 0.3) is 0 Å². The smallest absolute Gasteiger partial charge is 0.157 e. The van der Waals surface area contributed by atoms with E-state index in [1.807, 2.05) is 98.1 Å². The number of nitrogens with zero attached hydrogens (tertiary/aromatic N) is 1. The maximum atomic E-state index is 9.59. The third-order valence-electron chi connectivity index (χ3n) is 22.6. The first-order valence-corrected chi connectivity index (χ1v) is 45.0. The Hall–Kier alpha value is -17.2. The number of benzene rings is 14. The normalized spacial score (nSPS) is 11.2. The molecule has 25 nitrogen and oxygen atoms in total. The van der Waals surface area contributed by atoms with Crippen LogP contribution in [0.25, 0.3) is 0 Å². The molecule has 0 aliphatic heterocycles. The summed E-state index contributed by atoms with van der Waals surface area (Å²) >= 11 is 3.28. The van der Waals surface area contributed by atoms with Crippen molar-refractivity contribution in [2.45, 2.75) is 89.9 Å². The van der Waals surface area contributed by atoms with E-state index in [0.29, 0.717) is 64.2 Å². The second kappa shape index (κ2) is 46.5. The summed E-state index contributed by atoms with van der Waals surface area (Å²) in [5.74, 6) is -2.93. The summed E-state index contributed by atoms with van der Waals surface area (Å²) in [7, 11) is 0. The molecule has 27 heteroatoms. The monoisotopic (exact) mass is 1900 g/mol. The van der Waals surface area contributed by atoms with Crippen molar-refractivity contribution < 1.29 is 123 Å². The minimum absolute atomic E-state index is 0.0745. The molecule has 2 unspecified atom stereocenters. The number of thiophene rings is 2. The molecule has 0 aliphatic rings. The molecular weight excluding hydrogens is 1800 g/mol. The molecule has 17 aromatic rings. The average Bonchev–Trinajstić information content (AvgIpc) is 1.16. The van der Waals surface area contributed by atoms with Crippen molar-refractivity contribution in [3.63, 3.8) is 0 Å². The lowest BCUT2D eigenvalue weighted by atomic mass is 9.84. The number of rotatable bonds is 23. The van der Waals surface area contributed by atoms with Crippen molar-refractivity contribution in [2.24, 2.45) is 0 Å². The quantitative estimate of drug-likeness (QED) is 0.0264. The van der Waals surface area contributed by atoms with E-state index >= 15 is 0 Å². The topological polar surface area (TPSA) is 498 Å². The van der Waals surface area contributed by atoms with Crippen molar-refractivity contribution in [1.82, 2.24) is 4.98 Å². The van der Waals surface area contributed by atoms with Crippen LogP contribution in [0.15, 0.2) is 309 Å². The highest BCUT2D eigenvalue weighted by atomic mass is 32.1. The summed E-state index contributed by atoms with van der Waals surface area (Å²) in [6.45, 7) is 4.00. The Balaban J connectivity index is 0.000000149. The Kier molecular flexibility index (Phi) is 33.6. The van der Waals surface area contributed by atoms with E-state index < -0.39 is 0 Å². The van der Waals surface area contributed by atoms with Gasteiger partial charge in [0, 0.05) is 58.1 Å². The van der Waals surface area contributed by atoms with Gasteiger partial charge in [-0.2, -0.15) is 0 Å². The van der Waals surface area contributed by atoms with E-state index in [1.54, 1.807) is 144 Å². The zero-order valence-electron chi connectivity index (χ0n) is 74.7. The van der Waals surface area contributed by atoms with Crippen LogP contribution >= 0.6 is 22.7 Å². The molecule has 0 radical (unpaired) electrons. The van der Waals surface area contributed by atoms with E-state index in [4.69, 9.17) is 0 Å². The minimum Gasteiger partial charge on any atom is -0.504 e. The van der Waals surface area contributed by atoms with Gasteiger partial charge in [-0.3, -0.25) is 4.98 Å². The molecule has 3 heterocycles. The largest absolute Gasteiger partial charge is 0.504 e. The van der Waals surface area contributed by atoms with Crippen LogP contribution in [0.3, 0.4) is 0 Å². The first-order valence-electron chi connectivity index (χ1n) is 43.3. The van der Waals surface area contributed by atoms with Gasteiger partial charge in [0.1, 0.15) is 0 Å². The van der Waals surface area contributed by atoms with Crippen LogP contribution < -0.4 is 0 Å². The number of aromatic hydroxyl groups is 24. The van der Waals surface area contributed by atoms with Crippen LogP contribution in [0.5, 0.6) is 138 Å². The van der Waals surface area contributed by atoms with Crippen molar-refractivity contribution in [1.29, 1.82) is 0 Å². The fourth-order valence-corrected chi connectivity index (χ4v) is 16.9. The Morgan fingerprint density at radius 1 is 0.188 bits per heavy atom. The van der Waals surface area contributed by atoms with Crippen molar-refractivity contribution in [2.75, 3.05) is 0 Å². The van der Waals surface area contributed by atoms with Crippen LogP contribution in [0.1, 0.15) is 146 Å². The average molecular weight is 1900 g/mol. The fraction of sp³-hybridized carbons (Fsp3) is 0.126. The van der Waals surface area contributed by atoms with E-state index in [1.165, 1.54) is 97.1 Å². The molecule has 0 saturated carbocycles. The maximum absolute atomic E-state index is 9.59. The molecular formula is C111H103NO24S2. The molecule has 708 valence electrons. The van der Waals surface area contributed by atoms with Gasteiger partial charge < -0.3 is 123 Å². The highest BCUT2D eigenvalue weighted by Gasteiger charge is 2.21. The lowest BCUT2D eigenvalue weighted by Crippen LogP contribution is -2.04. The van der Waals surface area contributed by atoms with Crippen molar-refractivity contribution in [3.8, 4) is 138 Å². The Labute approximate surface area is 802 Å². The highest BCUT2D eigenvalue weighted by Crippen LogP contribution is 2.42. The molecule has 3 aromatic heterocycles. The lowest BCUT2D eigenvalue weighted by molar-refractivity contribution is 0.401. The second-order valence-corrected chi connectivity index (χ2v) is 35.3. The zero-order valence-corrected chi connectivity index (χ0v) is 76.3. The van der Waals surface area contributed by atoms with E-state index in [2.05, 4.69) is 11.1 Å². The Morgan fingerprint density at radius 3 is 0.681 bits per heavy atom. The van der Waals surface area contributed by atoms with Gasteiger partial charge in [-0.15, -0.1) is 22.7 Å². The standard InChI is InChI=1S/2C20H18O4.C19H17NO4.2C18H16O4S.C16H18O4/c21-17-7-5-15(11-19(17)23)9-13-1-2-14(4-3-13)10-16-6-8-18(22)20(24)12-16;21-17-6-4-15(11-19(17)23)9-13-2-1-3-14(8-13)10-16-5-7-18(22)20(24)12-16;21-16-6-4-12(10-18(16)23)8-14-2-1-3-15(20-14)9-13-5-7-17(22)19(24)11-13;19-15-5-1-11(9-17(15)21)7-13-3-4-14(23-13)8-12-2-6-16(20)18(22)10-12;19-14-3-1-11(8-16(14)21)7-13-5-6-23-18(13)10-12-2-4-15(20)17(22)9-12;1-9(11-3-5-13(17)15(19)7-11)10(2)12-4-6-14(18)16(20)8-12/h2*1-8,11-12,21-24H,9-10H2;1-7,10-11,21-24H,8-9H2;1-6,9-10,19-22H,7-8H2;1-6,8-9,19-22H,7,10H2;3-10,17-20H,1-2H3. The Bertz CT molecular complexity index is 6510. The van der Waals surface area contributed by atoms with Crippen molar-refractivity contribution >= 4 is 22.7 Å². The zero-order chi connectivity index (χ0) is 99.0. The van der Waals surface area contributed by atoms with Gasteiger partial charge in [0.05, 0.1) is 0 Å². The van der Waals surface area contributed by atoms with Gasteiger partial charge in [-0.1, -0.05) is 141 Å². The first kappa shape index (κ1) is 99.8. The molecule has 0 aliphatic carbocycles. The molecule has 14 aromatic carbocycles.